The van der Waals surface area contributed by atoms with Gasteiger partial charge in [-0.3, -0.25) is 0 Å². The van der Waals surface area contributed by atoms with E-state index in [-0.39, 0.29) is 6.17 Å². The molecule has 58 valence electrons. The van der Waals surface area contributed by atoms with Crippen molar-refractivity contribution in [3.8, 4) is 0 Å². The zero-order chi connectivity index (χ0) is 7.78. The number of rotatable bonds is 1. The molecule has 3 nitrogen and oxygen atoms in total. The van der Waals surface area contributed by atoms with Gasteiger partial charge in [-0.2, -0.15) is 4.99 Å². The van der Waals surface area contributed by atoms with Crippen LogP contribution < -0.4 is 0 Å². The van der Waals surface area contributed by atoms with Gasteiger partial charge in [-0.05, 0) is 0 Å². The van der Waals surface area contributed by atoms with E-state index in [9.17, 15) is 0 Å². The van der Waals surface area contributed by atoms with Gasteiger partial charge in [0.05, 0.1) is 21.1 Å². The van der Waals surface area contributed by atoms with Crippen molar-refractivity contribution < 1.29 is 9.22 Å². The number of halogens is 1. The first kappa shape index (κ1) is 8.26. The summed E-state index contributed by atoms with van der Waals surface area (Å²) in [4.78, 5) is 4.31. The number of nitrogens with zero attached hydrogens (tertiary/aromatic N) is 2. The minimum absolute atomic E-state index is 0.284. The molecule has 10 heavy (non-hydrogen) atoms. The van der Waals surface area contributed by atoms with E-state index in [2.05, 4.69) is 48.7 Å². The molecule has 1 atom stereocenters. The maximum atomic E-state index is 5.21. The lowest BCUT2D eigenvalue weighted by atomic mass is 10.4. The first-order valence-electron chi connectivity index (χ1n) is 3.17. The van der Waals surface area contributed by atoms with E-state index in [1.54, 1.807) is 0 Å². The number of hydrogen-bond donors (Lipinski definition) is 0. The number of hydrogen-bond acceptors (Lipinski definition) is 2. The third kappa shape index (κ3) is 1.82. The van der Waals surface area contributed by atoms with Crippen LogP contribution in [0, 0.1) is 0 Å². The van der Waals surface area contributed by atoms with Crippen LogP contribution in [0.15, 0.2) is 4.99 Å². The predicted molar refractivity (Wildman–Crippen MR) is 49.2 cm³/mol. The standard InChI is InChI=1S/C6H12IN2O/c1-9(2,3)5-4-10-6(7)8-5/h5H,4H2,1-3H3/q+1. The fourth-order valence-corrected chi connectivity index (χ4v) is 1.23. The average molecular weight is 255 g/mol. The van der Waals surface area contributed by atoms with Crippen molar-refractivity contribution in [3.63, 3.8) is 0 Å². The largest absolute Gasteiger partial charge is 0.465 e. The van der Waals surface area contributed by atoms with E-state index in [1.807, 2.05) is 0 Å². The van der Waals surface area contributed by atoms with Crippen LogP contribution in [0.2, 0.25) is 0 Å². The molecule has 0 aromatic heterocycles. The molecule has 0 fully saturated rings. The second-order valence-corrected chi connectivity index (χ2v) is 4.21. The highest BCUT2D eigenvalue weighted by atomic mass is 127. The summed E-state index contributed by atoms with van der Waals surface area (Å²) >= 11 is 2.10. The SMILES string of the molecule is C[N+](C)(C)C1COC(I)=N1. The van der Waals surface area contributed by atoms with Gasteiger partial charge in [0.2, 0.25) is 6.17 Å². The van der Waals surface area contributed by atoms with Gasteiger partial charge in [-0.25, -0.2) is 0 Å². The van der Waals surface area contributed by atoms with Crippen LogP contribution in [-0.2, 0) is 4.74 Å². The van der Waals surface area contributed by atoms with Gasteiger partial charge in [-0.1, -0.05) is 0 Å². The summed E-state index contributed by atoms with van der Waals surface area (Å²) in [6.07, 6.45) is 0.284. The summed E-state index contributed by atoms with van der Waals surface area (Å²) in [6.45, 7) is 0.724. The highest BCUT2D eigenvalue weighted by Crippen LogP contribution is 2.14. The van der Waals surface area contributed by atoms with Crippen molar-refractivity contribution in [2.75, 3.05) is 27.7 Å². The fraction of sp³-hybridized carbons (Fsp3) is 0.833. The Hall–Kier alpha value is 0.160. The maximum absolute atomic E-state index is 5.21. The van der Waals surface area contributed by atoms with Crippen molar-refractivity contribution in [1.82, 2.24) is 0 Å². The zero-order valence-corrected chi connectivity index (χ0v) is 8.62. The van der Waals surface area contributed by atoms with E-state index in [1.165, 1.54) is 0 Å². The number of aliphatic imine (C=N–C) groups is 1. The molecule has 0 N–H and O–H groups in total. The first-order valence-corrected chi connectivity index (χ1v) is 4.25. The molecule has 0 spiro atoms. The van der Waals surface area contributed by atoms with Crippen LogP contribution in [0.25, 0.3) is 0 Å². The van der Waals surface area contributed by atoms with E-state index in [0.717, 1.165) is 15.0 Å². The summed E-state index contributed by atoms with van der Waals surface area (Å²) < 4.78 is 6.84. The monoisotopic (exact) mass is 255 g/mol. The average Bonchev–Trinajstić information content (AvgIpc) is 2.11. The molecule has 0 saturated heterocycles. The van der Waals surface area contributed by atoms with Crippen LogP contribution >= 0.6 is 22.6 Å². The van der Waals surface area contributed by atoms with E-state index >= 15 is 0 Å². The van der Waals surface area contributed by atoms with Crippen molar-refractivity contribution in [1.29, 1.82) is 0 Å². The van der Waals surface area contributed by atoms with Crippen molar-refractivity contribution >= 4 is 26.5 Å². The molecule has 0 aromatic carbocycles. The third-order valence-electron chi connectivity index (χ3n) is 1.50. The molecule has 4 heteroatoms. The first-order chi connectivity index (χ1) is 4.50. The van der Waals surface area contributed by atoms with Crippen molar-refractivity contribution in [3.05, 3.63) is 0 Å². The Morgan fingerprint density at radius 2 is 2.20 bits per heavy atom. The quantitative estimate of drug-likeness (QED) is 0.502. The molecule has 0 bridgehead atoms. The Labute approximate surface area is 74.8 Å². The number of quaternary nitrogens is 1. The van der Waals surface area contributed by atoms with Crippen molar-refractivity contribution in [2.24, 2.45) is 4.99 Å². The number of likely N-dealkylation sites (N-methyl/N-ethyl adjacent to an activating group) is 1. The summed E-state index contributed by atoms with van der Waals surface area (Å²) in [7, 11) is 6.35. The molecule has 0 aromatic rings. The molecule has 1 unspecified atom stereocenters. The molecular weight excluding hydrogens is 243 g/mol. The summed E-state index contributed by atoms with van der Waals surface area (Å²) in [5.74, 6) is 0. The van der Waals surface area contributed by atoms with Gasteiger partial charge in [-0.15, -0.1) is 0 Å². The zero-order valence-electron chi connectivity index (χ0n) is 6.47. The summed E-state index contributed by atoms with van der Waals surface area (Å²) in [5.41, 5.74) is 0. The lowest BCUT2D eigenvalue weighted by Gasteiger charge is -2.27. The smallest absolute Gasteiger partial charge is 0.253 e. The molecule has 0 radical (unpaired) electrons. The van der Waals surface area contributed by atoms with Gasteiger partial charge in [0, 0.05) is 22.6 Å². The topological polar surface area (TPSA) is 21.6 Å². The Kier molecular flexibility index (Phi) is 2.19. The third-order valence-corrected chi connectivity index (χ3v) is 2.09. The second kappa shape index (κ2) is 2.65. The van der Waals surface area contributed by atoms with Crippen molar-refractivity contribution in [2.45, 2.75) is 6.17 Å². The molecule has 1 rings (SSSR count). The molecule has 1 aliphatic rings. The van der Waals surface area contributed by atoms with E-state index in [4.69, 9.17) is 4.74 Å². The minimum Gasteiger partial charge on any atom is -0.465 e. The summed E-state index contributed by atoms with van der Waals surface area (Å²) in [5, 5.41) is 0. The normalized spacial score (nSPS) is 26.0. The number of ether oxygens (including phenoxy) is 1. The van der Waals surface area contributed by atoms with Crippen LogP contribution in [0.1, 0.15) is 0 Å². The van der Waals surface area contributed by atoms with Gasteiger partial charge in [0.1, 0.15) is 0 Å². The van der Waals surface area contributed by atoms with E-state index in [0.29, 0.717) is 0 Å². The highest BCUT2D eigenvalue weighted by Gasteiger charge is 2.28. The molecule has 0 saturated carbocycles. The fourth-order valence-electron chi connectivity index (χ4n) is 0.732. The van der Waals surface area contributed by atoms with Gasteiger partial charge in [0.15, 0.2) is 6.61 Å². The highest BCUT2D eigenvalue weighted by molar-refractivity contribution is 14.1. The van der Waals surface area contributed by atoms with E-state index < -0.39 is 0 Å². The summed E-state index contributed by atoms with van der Waals surface area (Å²) in [6, 6.07) is 0. The van der Waals surface area contributed by atoms with Crippen LogP contribution in [0.5, 0.6) is 0 Å². The van der Waals surface area contributed by atoms with Crippen LogP contribution in [-0.4, -0.2) is 42.3 Å². The molecule has 1 aliphatic heterocycles. The Morgan fingerprint density at radius 1 is 1.60 bits per heavy atom. The molecular formula is C6H12IN2O+. The van der Waals surface area contributed by atoms with Crippen LogP contribution in [0.3, 0.4) is 0 Å². The molecule has 1 heterocycles. The Balaban J connectivity index is 2.61. The second-order valence-electron chi connectivity index (χ2n) is 3.29. The predicted octanol–water partition coefficient (Wildman–Crippen LogP) is 0.840. The lowest BCUT2D eigenvalue weighted by Crippen LogP contribution is -2.44. The maximum Gasteiger partial charge on any atom is 0.253 e. The Morgan fingerprint density at radius 3 is 2.40 bits per heavy atom. The van der Waals surface area contributed by atoms with Gasteiger partial charge in [0.25, 0.3) is 3.90 Å². The minimum atomic E-state index is 0.284. The van der Waals surface area contributed by atoms with Gasteiger partial charge < -0.3 is 9.22 Å². The molecule has 0 amide bonds. The lowest BCUT2D eigenvalue weighted by molar-refractivity contribution is -0.894. The molecule has 0 aliphatic carbocycles. The van der Waals surface area contributed by atoms with Gasteiger partial charge >= 0.3 is 0 Å². The Bertz CT molecular complexity index is 162. The van der Waals surface area contributed by atoms with Crippen LogP contribution in [0.4, 0.5) is 0 Å².